The van der Waals surface area contributed by atoms with Crippen LogP contribution >= 0.6 is 15.9 Å². The van der Waals surface area contributed by atoms with E-state index in [0.29, 0.717) is 5.56 Å². The zero-order chi connectivity index (χ0) is 11.6. The molecule has 1 aromatic rings. The molecule has 0 heterocycles. The number of benzene rings is 1. The van der Waals surface area contributed by atoms with Crippen molar-refractivity contribution < 1.29 is 8.78 Å². The Labute approximate surface area is 96.1 Å². The van der Waals surface area contributed by atoms with Gasteiger partial charge in [-0.15, -0.1) is 0 Å². The molecule has 0 saturated heterocycles. The molecule has 0 spiro atoms. The van der Waals surface area contributed by atoms with E-state index >= 15 is 0 Å². The van der Waals surface area contributed by atoms with Gasteiger partial charge in [-0.3, -0.25) is 0 Å². The summed E-state index contributed by atoms with van der Waals surface area (Å²) >= 11 is 3.00. The van der Waals surface area contributed by atoms with Crippen LogP contribution in [0.4, 0.5) is 8.78 Å². The van der Waals surface area contributed by atoms with Crippen molar-refractivity contribution in [3.63, 3.8) is 0 Å². The summed E-state index contributed by atoms with van der Waals surface area (Å²) in [6.07, 6.45) is 1.79. The maximum absolute atomic E-state index is 13.2. The highest BCUT2D eigenvalue weighted by atomic mass is 79.9. The Balaban J connectivity index is 3.16. The van der Waals surface area contributed by atoms with E-state index in [0.717, 1.165) is 11.6 Å². The summed E-state index contributed by atoms with van der Waals surface area (Å²) < 4.78 is 26.1. The largest absolute Gasteiger partial charge is 0.321 e. The molecule has 0 radical (unpaired) electrons. The van der Waals surface area contributed by atoms with Crippen LogP contribution in [-0.2, 0) is 0 Å². The summed E-state index contributed by atoms with van der Waals surface area (Å²) in [4.78, 5) is 0. The highest BCUT2D eigenvalue weighted by Crippen LogP contribution is 2.27. The van der Waals surface area contributed by atoms with Crippen LogP contribution in [0.15, 0.2) is 28.3 Å². The molecule has 1 aromatic carbocycles. The molecule has 2 N–H and O–H groups in total. The van der Waals surface area contributed by atoms with Crippen LogP contribution in [0.2, 0.25) is 0 Å². The van der Waals surface area contributed by atoms with Gasteiger partial charge in [-0.2, -0.15) is 0 Å². The Morgan fingerprint density at radius 1 is 1.40 bits per heavy atom. The smallest absolute Gasteiger partial charge is 0.173 e. The number of rotatable bonds is 2. The first kappa shape index (κ1) is 12.3. The second kappa shape index (κ2) is 4.86. The van der Waals surface area contributed by atoms with E-state index in [9.17, 15) is 8.78 Å². The summed E-state index contributed by atoms with van der Waals surface area (Å²) in [5, 5.41) is 0. The van der Waals surface area contributed by atoms with Gasteiger partial charge in [0.2, 0.25) is 0 Å². The van der Waals surface area contributed by atoms with Gasteiger partial charge in [0.1, 0.15) is 0 Å². The molecular weight excluding hydrogens is 264 g/mol. The molecule has 1 nitrogen and oxygen atoms in total. The molecule has 0 fully saturated rings. The Morgan fingerprint density at radius 2 is 2.00 bits per heavy atom. The minimum Gasteiger partial charge on any atom is -0.321 e. The van der Waals surface area contributed by atoms with Crippen LogP contribution in [0.3, 0.4) is 0 Å². The van der Waals surface area contributed by atoms with E-state index in [2.05, 4.69) is 15.9 Å². The second-order valence-corrected chi connectivity index (χ2v) is 4.33. The molecule has 0 aliphatic rings. The molecule has 1 rings (SSSR count). The Kier molecular flexibility index (Phi) is 3.99. The molecule has 1 atom stereocenters. The van der Waals surface area contributed by atoms with E-state index in [4.69, 9.17) is 5.73 Å². The standard InChI is InChI=1S/C11H12BrF2N/c1-6(2)5-9(15)7-3-4-8(13)11(14)10(7)12/h3-5,9H,15H2,1-2H3. The number of nitrogens with two attached hydrogens (primary N) is 1. The van der Waals surface area contributed by atoms with Gasteiger partial charge in [0, 0.05) is 6.04 Å². The number of hydrogen-bond donors (Lipinski definition) is 1. The fourth-order valence-electron chi connectivity index (χ4n) is 1.25. The zero-order valence-corrected chi connectivity index (χ0v) is 10.1. The van der Waals surface area contributed by atoms with Crippen LogP contribution in [0, 0.1) is 11.6 Å². The third-order valence-corrected chi connectivity index (χ3v) is 2.74. The SMILES string of the molecule is CC(C)=CC(N)c1ccc(F)c(F)c1Br. The van der Waals surface area contributed by atoms with Gasteiger partial charge in [-0.25, -0.2) is 8.78 Å². The molecule has 0 saturated carbocycles. The first-order valence-corrected chi connectivity index (χ1v) is 5.26. The van der Waals surface area contributed by atoms with Crippen molar-refractivity contribution in [2.45, 2.75) is 19.9 Å². The number of hydrogen-bond acceptors (Lipinski definition) is 1. The minimum absolute atomic E-state index is 0.0903. The van der Waals surface area contributed by atoms with Crippen molar-refractivity contribution in [1.82, 2.24) is 0 Å². The minimum atomic E-state index is -0.898. The van der Waals surface area contributed by atoms with Crippen molar-refractivity contribution >= 4 is 15.9 Å². The van der Waals surface area contributed by atoms with Crippen LogP contribution in [0.1, 0.15) is 25.5 Å². The van der Waals surface area contributed by atoms with Gasteiger partial charge in [-0.05, 0) is 41.4 Å². The topological polar surface area (TPSA) is 26.0 Å². The van der Waals surface area contributed by atoms with Crippen LogP contribution in [0.25, 0.3) is 0 Å². The molecule has 0 amide bonds. The maximum Gasteiger partial charge on any atom is 0.173 e. The molecule has 0 aromatic heterocycles. The lowest BCUT2D eigenvalue weighted by Gasteiger charge is -2.11. The van der Waals surface area contributed by atoms with Gasteiger partial charge >= 0.3 is 0 Å². The van der Waals surface area contributed by atoms with Crippen molar-refractivity contribution in [3.8, 4) is 0 Å². The van der Waals surface area contributed by atoms with Crippen LogP contribution in [-0.4, -0.2) is 0 Å². The van der Waals surface area contributed by atoms with Gasteiger partial charge in [0.05, 0.1) is 4.47 Å². The summed E-state index contributed by atoms with van der Waals surface area (Å²) in [6.45, 7) is 3.79. The fraction of sp³-hybridized carbons (Fsp3) is 0.273. The van der Waals surface area contributed by atoms with Crippen molar-refractivity contribution in [3.05, 3.63) is 45.5 Å². The fourth-order valence-corrected chi connectivity index (χ4v) is 1.83. The summed E-state index contributed by atoms with van der Waals surface area (Å²) in [5.74, 6) is -1.78. The van der Waals surface area contributed by atoms with Gasteiger partial charge in [0.15, 0.2) is 11.6 Å². The Morgan fingerprint density at radius 3 is 2.53 bits per heavy atom. The van der Waals surface area contributed by atoms with E-state index in [-0.39, 0.29) is 4.47 Å². The molecule has 0 aliphatic heterocycles. The average molecular weight is 276 g/mol. The number of allylic oxidation sites excluding steroid dienone is 1. The van der Waals surface area contributed by atoms with Crippen molar-refractivity contribution in [1.29, 1.82) is 0 Å². The Hall–Kier alpha value is -0.740. The van der Waals surface area contributed by atoms with E-state index in [1.54, 1.807) is 6.08 Å². The third kappa shape index (κ3) is 2.86. The van der Waals surface area contributed by atoms with Crippen molar-refractivity contribution in [2.24, 2.45) is 5.73 Å². The highest BCUT2D eigenvalue weighted by Gasteiger charge is 2.14. The summed E-state index contributed by atoms with van der Waals surface area (Å²) in [7, 11) is 0. The van der Waals surface area contributed by atoms with E-state index in [1.807, 2.05) is 13.8 Å². The molecule has 1 unspecified atom stereocenters. The summed E-state index contributed by atoms with van der Waals surface area (Å²) in [6, 6.07) is 2.13. The Bertz CT molecular complexity index is 398. The zero-order valence-electron chi connectivity index (χ0n) is 8.52. The second-order valence-electron chi connectivity index (χ2n) is 3.53. The monoisotopic (exact) mass is 275 g/mol. The number of halogens is 3. The average Bonchev–Trinajstić information content (AvgIpc) is 2.13. The van der Waals surface area contributed by atoms with Crippen molar-refractivity contribution in [2.75, 3.05) is 0 Å². The van der Waals surface area contributed by atoms with Gasteiger partial charge in [-0.1, -0.05) is 17.7 Å². The molecule has 0 aliphatic carbocycles. The lowest BCUT2D eigenvalue weighted by molar-refractivity contribution is 0.501. The van der Waals surface area contributed by atoms with Gasteiger partial charge < -0.3 is 5.73 Å². The first-order chi connectivity index (χ1) is 6.93. The third-order valence-electron chi connectivity index (χ3n) is 1.94. The normalized spacial score (nSPS) is 12.4. The lowest BCUT2D eigenvalue weighted by atomic mass is 10.1. The quantitative estimate of drug-likeness (QED) is 0.647. The predicted molar refractivity (Wildman–Crippen MR) is 60.4 cm³/mol. The molecule has 82 valence electrons. The van der Waals surface area contributed by atoms with Gasteiger partial charge in [0.25, 0.3) is 0 Å². The summed E-state index contributed by atoms with van der Waals surface area (Å²) in [5.41, 5.74) is 7.38. The predicted octanol–water partition coefficient (Wildman–Crippen LogP) is 3.69. The molecule has 4 heteroatoms. The maximum atomic E-state index is 13.2. The van der Waals surface area contributed by atoms with E-state index < -0.39 is 17.7 Å². The van der Waals surface area contributed by atoms with E-state index in [1.165, 1.54) is 6.07 Å². The lowest BCUT2D eigenvalue weighted by Crippen LogP contribution is -2.09. The molecule has 15 heavy (non-hydrogen) atoms. The van der Waals surface area contributed by atoms with Crippen LogP contribution < -0.4 is 5.73 Å². The highest BCUT2D eigenvalue weighted by molar-refractivity contribution is 9.10. The molecular formula is C11H12BrF2N. The van der Waals surface area contributed by atoms with Crippen LogP contribution in [0.5, 0.6) is 0 Å². The molecule has 0 bridgehead atoms. The first-order valence-electron chi connectivity index (χ1n) is 4.47.